The van der Waals surface area contributed by atoms with Crippen molar-refractivity contribution in [1.29, 1.82) is 0 Å². The van der Waals surface area contributed by atoms with Gasteiger partial charge in [0.25, 0.3) is 0 Å². The minimum atomic E-state index is 0.125. The van der Waals surface area contributed by atoms with Crippen LogP contribution in [0.3, 0.4) is 0 Å². The van der Waals surface area contributed by atoms with Gasteiger partial charge in [-0.2, -0.15) is 16.7 Å². The number of hydrogen-bond donors (Lipinski definition) is 1. The maximum absolute atomic E-state index is 5.60. The second-order valence-corrected chi connectivity index (χ2v) is 5.86. The Morgan fingerprint density at radius 2 is 2.06 bits per heavy atom. The second-order valence-electron chi connectivity index (χ2n) is 4.54. The fourth-order valence-electron chi connectivity index (χ4n) is 1.46. The van der Waals surface area contributed by atoms with E-state index in [-0.39, 0.29) is 6.10 Å². The summed E-state index contributed by atoms with van der Waals surface area (Å²) < 4.78 is 5.60. The summed E-state index contributed by atoms with van der Waals surface area (Å²) in [6.45, 7) is 10.2. The van der Waals surface area contributed by atoms with Crippen molar-refractivity contribution in [2.75, 3.05) is 16.8 Å². The van der Waals surface area contributed by atoms with E-state index in [1.54, 1.807) is 0 Å². The summed E-state index contributed by atoms with van der Waals surface area (Å²) in [6.07, 6.45) is 0.125. The monoisotopic (exact) mass is 269 g/mol. The van der Waals surface area contributed by atoms with E-state index in [1.165, 1.54) is 0 Å². The first-order valence-electron chi connectivity index (χ1n) is 6.38. The van der Waals surface area contributed by atoms with Gasteiger partial charge in [0.1, 0.15) is 0 Å². The lowest BCUT2D eigenvalue weighted by Gasteiger charge is -2.15. The Morgan fingerprint density at radius 3 is 2.67 bits per heavy atom. The summed E-state index contributed by atoms with van der Waals surface area (Å²) >= 11 is 1.91. The first kappa shape index (κ1) is 15.1. The Morgan fingerprint density at radius 1 is 1.33 bits per heavy atom. The Bertz CT molecular complexity index is 371. The fourth-order valence-corrected chi connectivity index (χ4v) is 2.14. The highest BCUT2D eigenvalue weighted by Crippen LogP contribution is 2.15. The SMILES string of the molecule is CCSCC(C)Nc1nc(C)cc(OC(C)C)n1. The van der Waals surface area contributed by atoms with Crippen molar-refractivity contribution < 1.29 is 4.74 Å². The van der Waals surface area contributed by atoms with Crippen molar-refractivity contribution in [2.45, 2.75) is 46.8 Å². The third-order valence-electron chi connectivity index (χ3n) is 2.13. The van der Waals surface area contributed by atoms with Crippen LogP contribution in [0.25, 0.3) is 0 Å². The molecule has 0 fully saturated rings. The highest BCUT2D eigenvalue weighted by molar-refractivity contribution is 7.99. The number of thioether (sulfide) groups is 1. The van der Waals surface area contributed by atoms with Gasteiger partial charge in [0.15, 0.2) is 0 Å². The van der Waals surface area contributed by atoms with E-state index in [1.807, 2.05) is 38.6 Å². The molecule has 0 aliphatic carbocycles. The quantitative estimate of drug-likeness (QED) is 0.824. The van der Waals surface area contributed by atoms with Crippen LogP contribution in [-0.4, -0.2) is 33.6 Å². The number of nitrogens with one attached hydrogen (secondary N) is 1. The van der Waals surface area contributed by atoms with Gasteiger partial charge in [-0.1, -0.05) is 6.92 Å². The molecular weight excluding hydrogens is 246 g/mol. The van der Waals surface area contributed by atoms with Gasteiger partial charge < -0.3 is 10.1 Å². The molecule has 0 radical (unpaired) electrons. The van der Waals surface area contributed by atoms with Gasteiger partial charge in [0, 0.05) is 23.6 Å². The number of aromatic nitrogens is 2. The summed E-state index contributed by atoms with van der Waals surface area (Å²) in [5, 5.41) is 3.31. The Kier molecular flexibility index (Phi) is 6.25. The Hall–Kier alpha value is -0.970. The Balaban J connectivity index is 2.67. The molecule has 1 rings (SSSR count). The van der Waals surface area contributed by atoms with E-state index in [0.717, 1.165) is 17.2 Å². The molecule has 0 aliphatic rings. The topological polar surface area (TPSA) is 47.0 Å². The number of nitrogens with zero attached hydrogens (tertiary/aromatic N) is 2. The average molecular weight is 269 g/mol. The first-order valence-corrected chi connectivity index (χ1v) is 7.53. The lowest BCUT2D eigenvalue weighted by molar-refractivity contribution is 0.232. The van der Waals surface area contributed by atoms with Crippen LogP contribution in [-0.2, 0) is 0 Å². The van der Waals surface area contributed by atoms with Crippen LogP contribution in [0.4, 0.5) is 5.95 Å². The number of rotatable bonds is 7. The van der Waals surface area contributed by atoms with Gasteiger partial charge in [-0.3, -0.25) is 0 Å². The van der Waals surface area contributed by atoms with Gasteiger partial charge >= 0.3 is 0 Å². The van der Waals surface area contributed by atoms with E-state index in [2.05, 4.69) is 29.1 Å². The zero-order valence-corrected chi connectivity index (χ0v) is 12.7. The summed E-state index contributed by atoms with van der Waals surface area (Å²) in [4.78, 5) is 8.75. The molecule has 0 aliphatic heterocycles. The largest absolute Gasteiger partial charge is 0.475 e. The third-order valence-corrected chi connectivity index (χ3v) is 3.28. The predicted octanol–water partition coefficient (Wildman–Crippen LogP) is 3.13. The standard InChI is InChI=1S/C13H23N3OS/c1-6-18-8-11(5)15-13-14-10(4)7-12(16-13)17-9(2)3/h7,9,11H,6,8H2,1-5H3,(H,14,15,16). The van der Waals surface area contributed by atoms with Crippen molar-refractivity contribution in [2.24, 2.45) is 0 Å². The van der Waals surface area contributed by atoms with E-state index >= 15 is 0 Å². The van der Waals surface area contributed by atoms with Gasteiger partial charge in [-0.25, -0.2) is 4.98 Å². The van der Waals surface area contributed by atoms with Crippen molar-refractivity contribution in [3.05, 3.63) is 11.8 Å². The number of anilines is 1. The summed E-state index contributed by atoms with van der Waals surface area (Å²) in [6, 6.07) is 2.21. The van der Waals surface area contributed by atoms with Crippen LogP contribution in [0.2, 0.25) is 0 Å². The molecule has 1 unspecified atom stereocenters. The molecule has 0 saturated heterocycles. The molecule has 0 amide bonds. The second kappa shape index (κ2) is 7.46. The number of ether oxygens (including phenoxy) is 1. The minimum absolute atomic E-state index is 0.125. The van der Waals surface area contributed by atoms with Crippen molar-refractivity contribution in [3.63, 3.8) is 0 Å². The molecule has 0 bridgehead atoms. The van der Waals surface area contributed by atoms with E-state index < -0.39 is 0 Å². The molecule has 0 saturated carbocycles. The maximum Gasteiger partial charge on any atom is 0.226 e. The summed E-state index contributed by atoms with van der Waals surface area (Å²) in [5.41, 5.74) is 0.915. The molecule has 102 valence electrons. The molecule has 1 aromatic rings. The van der Waals surface area contributed by atoms with Crippen LogP contribution < -0.4 is 10.1 Å². The molecule has 1 heterocycles. The summed E-state index contributed by atoms with van der Waals surface area (Å²) in [7, 11) is 0. The Labute approximate surface area is 114 Å². The molecule has 1 atom stereocenters. The van der Waals surface area contributed by atoms with Gasteiger partial charge in [0.2, 0.25) is 11.8 Å². The smallest absolute Gasteiger partial charge is 0.226 e. The van der Waals surface area contributed by atoms with Gasteiger partial charge in [-0.05, 0) is 33.4 Å². The van der Waals surface area contributed by atoms with Crippen LogP contribution in [0, 0.1) is 6.92 Å². The molecule has 18 heavy (non-hydrogen) atoms. The lowest BCUT2D eigenvalue weighted by atomic mass is 10.4. The third kappa shape index (κ3) is 5.58. The van der Waals surface area contributed by atoms with E-state index in [9.17, 15) is 0 Å². The van der Waals surface area contributed by atoms with E-state index in [4.69, 9.17) is 4.74 Å². The molecule has 5 heteroatoms. The number of aryl methyl sites for hydroxylation is 1. The molecule has 4 nitrogen and oxygen atoms in total. The van der Waals surface area contributed by atoms with Crippen molar-refractivity contribution >= 4 is 17.7 Å². The van der Waals surface area contributed by atoms with Crippen LogP contribution in [0.15, 0.2) is 6.07 Å². The highest BCUT2D eigenvalue weighted by Gasteiger charge is 2.08. The fraction of sp³-hybridized carbons (Fsp3) is 0.692. The zero-order valence-electron chi connectivity index (χ0n) is 11.9. The summed E-state index contributed by atoms with van der Waals surface area (Å²) in [5.74, 6) is 3.46. The average Bonchev–Trinajstić information content (AvgIpc) is 2.24. The number of hydrogen-bond acceptors (Lipinski definition) is 5. The normalized spacial score (nSPS) is 12.6. The van der Waals surface area contributed by atoms with Crippen molar-refractivity contribution in [3.8, 4) is 5.88 Å². The first-order chi connectivity index (χ1) is 8.51. The molecule has 0 aromatic carbocycles. The highest BCUT2D eigenvalue weighted by atomic mass is 32.2. The minimum Gasteiger partial charge on any atom is -0.475 e. The zero-order chi connectivity index (χ0) is 13.5. The van der Waals surface area contributed by atoms with Crippen LogP contribution >= 0.6 is 11.8 Å². The van der Waals surface area contributed by atoms with Crippen molar-refractivity contribution in [1.82, 2.24) is 9.97 Å². The van der Waals surface area contributed by atoms with Gasteiger partial charge in [-0.15, -0.1) is 0 Å². The maximum atomic E-state index is 5.60. The van der Waals surface area contributed by atoms with Crippen LogP contribution in [0.1, 0.15) is 33.4 Å². The van der Waals surface area contributed by atoms with Gasteiger partial charge in [0.05, 0.1) is 6.10 Å². The van der Waals surface area contributed by atoms with Crippen LogP contribution in [0.5, 0.6) is 5.88 Å². The predicted molar refractivity (Wildman–Crippen MR) is 78.6 cm³/mol. The molecule has 1 N–H and O–H groups in total. The molecule has 0 spiro atoms. The van der Waals surface area contributed by atoms with E-state index in [0.29, 0.717) is 17.9 Å². The molecule has 1 aromatic heterocycles. The molecular formula is C13H23N3OS. The lowest BCUT2D eigenvalue weighted by Crippen LogP contribution is -2.20.